The largest absolute Gasteiger partial charge is 0.387 e. The van der Waals surface area contributed by atoms with Crippen LogP contribution in [-0.4, -0.2) is 5.11 Å². The van der Waals surface area contributed by atoms with Crippen LogP contribution in [0.15, 0.2) is 28.7 Å². The molecule has 108 valence electrons. The molecule has 1 fully saturated rings. The molecule has 1 atom stereocenters. The minimum Gasteiger partial charge on any atom is -0.387 e. The van der Waals surface area contributed by atoms with Gasteiger partial charge in [-0.25, -0.2) is 0 Å². The Hall–Kier alpha value is -0.850. The zero-order valence-electron chi connectivity index (χ0n) is 12.0. The summed E-state index contributed by atoms with van der Waals surface area (Å²) in [6, 6.07) is 10.1. The van der Waals surface area contributed by atoms with Crippen molar-refractivity contribution in [1.29, 1.82) is 5.26 Å². The highest BCUT2D eigenvalue weighted by atomic mass is 79.9. The van der Waals surface area contributed by atoms with E-state index >= 15 is 0 Å². The number of hydrogen-bond acceptors (Lipinski definition) is 2. The SMILES string of the molecule is CCCC1CCC(C#N)(C(O)c2ccc(Br)cc2)CC1. The van der Waals surface area contributed by atoms with E-state index in [1.807, 2.05) is 24.3 Å². The molecule has 0 radical (unpaired) electrons. The van der Waals surface area contributed by atoms with Gasteiger partial charge >= 0.3 is 0 Å². The Morgan fingerprint density at radius 3 is 2.45 bits per heavy atom. The summed E-state index contributed by atoms with van der Waals surface area (Å²) in [7, 11) is 0. The monoisotopic (exact) mass is 335 g/mol. The Kier molecular flexibility index (Phi) is 5.23. The number of hydrogen-bond donors (Lipinski definition) is 1. The van der Waals surface area contributed by atoms with E-state index in [2.05, 4.69) is 28.9 Å². The first-order valence-corrected chi connectivity index (χ1v) is 8.25. The summed E-state index contributed by atoms with van der Waals surface area (Å²) >= 11 is 3.40. The molecule has 0 saturated heterocycles. The molecule has 2 nitrogen and oxygen atoms in total. The number of halogens is 1. The fourth-order valence-electron chi connectivity index (χ4n) is 3.30. The maximum Gasteiger partial charge on any atom is 0.0976 e. The maximum atomic E-state index is 10.7. The van der Waals surface area contributed by atoms with E-state index in [-0.39, 0.29) is 0 Å². The molecular formula is C17H22BrNO. The van der Waals surface area contributed by atoms with Crippen molar-refractivity contribution in [3.8, 4) is 6.07 Å². The Bertz CT molecular complexity index is 469. The molecule has 1 saturated carbocycles. The van der Waals surface area contributed by atoms with Crippen molar-refractivity contribution in [2.45, 2.75) is 51.6 Å². The van der Waals surface area contributed by atoms with Crippen molar-refractivity contribution in [3.63, 3.8) is 0 Å². The molecule has 1 unspecified atom stereocenters. The van der Waals surface area contributed by atoms with Crippen molar-refractivity contribution < 1.29 is 5.11 Å². The molecule has 1 N–H and O–H groups in total. The van der Waals surface area contributed by atoms with Crippen LogP contribution in [0.5, 0.6) is 0 Å². The molecule has 1 aromatic carbocycles. The Morgan fingerprint density at radius 1 is 1.35 bits per heavy atom. The lowest BCUT2D eigenvalue weighted by Gasteiger charge is -2.38. The van der Waals surface area contributed by atoms with Gasteiger partial charge in [-0.15, -0.1) is 0 Å². The fourth-order valence-corrected chi connectivity index (χ4v) is 3.56. The highest BCUT2D eigenvalue weighted by molar-refractivity contribution is 9.10. The van der Waals surface area contributed by atoms with Gasteiger partial charge in [0, 0.05) is 4.47 Å². The fraction of sp³-hybridized carbons (Fsp3) is 0.588. The van der Waals surface area contributed by atoms with Gasteiger partial charge in [-0.1, -0.05) is 47.8 Å². The van der Waals surface area contributed by atoms with Crippen LogP contribution in [0.4, 0.5) is 0 Å². The second kappa shape index (κ2) is 6.74. The van der Waals surface area contributed by atoms with E-state index in [0.717, 1.165) is 41.6 Å². The number of rotatable bonds is 4. The zero-order valence-corrected chi connectivity index (χ0v) is 13.6. The van der Waals surface area contributed by atoms with Crippen LogP contribution >= 0.6 is 15.9 Å². The van der Waals surface area contributed by atoms with Crippen LogP contribution < -0.4 is 0 Å². The normalized spacial score (nSPS) is 27.8. The predicted molar refractivity (Wildman–Crippen MR) is 84.0 cm³/mol. The van der Waals surface area contributed by atoms with E-state index in [1.165, 1.54) is 12.8 Å². The molecule has 2 rings (SSSR count). The van der Waals surface area contributed by atoms with Crippen LogP contribution in [0.1, 0.15) is 57.1 Å². The molecule has 0 amide bonds. The number of nitriles is 1. The first-order valence-electron chi connectivity index (χ1n) is 7.46. The van der Waals surface area contributed by atoms with Crippen molar-refractivity contribution in [2.24, 2.45) is 11.3 Å². The number of nitrogens with zero attached hydrogens (tertiary/aromatic N) is 1. The number of benzene rings is 1. The van der Waals surface area contributed by atoms with Gasteiger partial charge in [0.25, 0.3) is 0 Å². The van der Waals surface area contributed by atoms with Gasteiger partial charge in [0.05, 0.1) is 17.6 Å². The summed E-state index contributed by atoms with van der Waals surface area (Å²) in [4.78, 5) is 0. The zero-order chi connectivity index (χ0) is 14.6. The highest BCUT2D eigenvalue weighted by Crippen LogP contribution is 2.48. The summed E-state index contributed by atoms with van der Waals surface area (Å²) in [5.74, 6) is 0.735. The van der Waals surface area contributed by atoms with Crippen LogP contribution in [0.3, 0.4) is 0 Å². The summed E-state index contributed by atoms with van der Waals surface area (Å²) in [6.07, 6.45) is 5.53. The van der Waals surface area contributed by atoms with Gasteiger partial charge in [0.2, 0.25) is 0 Å². The molecule has 0 heterocycles. The van der Waals surface area contributed by atoms with Crippen molar-refractivity contribution in [3.05, 3.63) is 34.3 Å². The van der Waals surface area contributed by atoms with E-state index in [0.29, 0.717) is 0 Å². The standard InChI is InChI=1S/C17H22BrNO/c1-2-3-13-8-10-17(12-19,11-9-13)16(20)14-4-6-15(18)7-5-14/h4-7,13,16,20H,2-3,8-11H2,1H3. The van der Waals surface area contributed by atoms with E-state index in [9.17, 15) is 10.4 Å². The lowest BCUT2D eigenvalue weighted by molar-refractivity contribution is 0.0236. The second-order valence-corrected chi connectivity index (χ2v) is 6.87. The van der Waals surface area contributed by atoms with Crippen LogP contribution in [0, 0.1) is 22.7 Å². The molecule has 0 bridgehead atoms. The van der Waals surface area contributed by atoms with Crippen LogP contribution in [-0.2, 0) is 0 Å². The summed E-state index contributed by atoms with van der Waals surface area (Å²) < 4.78 is 0.992. The van der Waals surface area contributed by atoms with E-state index < -0.39 is 11.5 Å². The smallest absolute Gasteiger partial charge is 0.0976 e. The number of aliphatic hydroxyl groups excluding tert-OH is 1. The average molecular weight is 336 g/mol. The van der Waals surface area contributed by atoms with Gasteiger partial charge in [0.1, 0.15) is 0 Å². The van der Waals surface area contributed by atoms with Gasteiger partial charge < -0.3 is 5.11 Å². The van der Waals surface area contributed by atoms with Crippen molar-refractivity contribution in [2.75, 3.05) is 0 Å². The molecule has 1 aromatic rings. The summed E-state index contributed by atoms with van der Waals surface area (Å²) in [5.41, 5.74) is 0.252. The first-order chi connectivity index (χ1) is 9.61. The first kappa shape index (κ1) is 15.5. The van der Waals surface area contributed by atoms with Gasteiger partial charge in [-0.3, -0.25) is 0 Å². The molecule has 20 heavy (non-hydrogen) atoms. The maximum absolute atomic E-state index is 10.7. The third-order valence-corrected chi connectivity index (χ3v) is 5.15. The lowest BCUT2D eigenvalue weighted by Crippen LogP contribution is -2.32. The molecule has 1 aliphatic rings. The van der Waals surface area contributed by atoms with Gasteiger partial charge in [0.15, 0.2) is 0 Å². The predicted octanol–water partition coefficient (Wildman–Crippen LogP) is 4.98. The van der Waals surface area contributed by atoms with Crippen LogP contribution in [0.25, 0.3) is 0 Å². The topological polar surface area (TPSA) is 44.0 Å². The third-order valence-electron chi connectivity index (χ3n) is 4.63. The number of aliphatic hydroxyl groups is 1. The Labute approximate surface area is 129 Å². The lowest BCUT2D eigenvalue weighted by atomic mass is 9.66. The second-order valence-electron chi connectivity index (χ2n) is 5.95. The Balaban J connectivity index is 2.12. The molecule has 0 aliphatic heterocycles. The minimum absolute atomic E-state index is 0.599. The highest BCUT2D eigenvalue weighted by Gasteiger charge is 2.42. The average Bonchev–Trinajstić information content (AvgIpc) is 2.49. The van der Waals surface area contributed by atoms with Gasteiger partial charge in [-0.2, -0.15) is 5.26 Å². The van der Waals surface area contributed by atoms with Crippen LogP contribution in [0.2, 0.25) is 0 Å². The molecule has 0 spiro atoms. The summed E-state index contributed by atoms with van der Waals surface area (Å²) in [6.45, 7) is 2.21. The quantitative estimate of drug-likeness (QED) is 0.842. The summed E-state index contributed by atoms with van der Waals surface area (Å²) in [5, 5.41) is 20.3. The van der Waals surface area contributed by atoms with Gasteiger partial charge in [-0.05, 0) is 49.3 Å². The van der Waals surface area contributed by atoms with E-state index in [4.69, 9.17) is 0 Å². The Morgan fingerprint density at radius 2 is 1.95 bits per heavy atom. The molecule has 1 aliphatic carbocycles. The molecule has 3 heteroatoms. The third kappa shape index (κ3) is 3.24. The van der Waals surface area contributed by atoms with Crippen molar-refractivity contribution in [1.82, 2.24) is 0 Å². The van der Waals surface area contributed by atoms with E-state index in [1.54, 1.807) is 0 Å². The molecular weight excluding hydrogens is 314 g/mol. The van der Waals surface area contributed by atoms with Crippen molar-refractivity contribution >= 4 is 15.9 Å². The minimum atomic E-state index is -0.678. The molecule has 0 aromatic heterocycles.